The molecule has 13 heavy (non-hydrogen) atoms. The summed E-state index contributed by atoms with van der Waals surface area (Å²) in [5, 5.41) is 0. The molecule has 0 spiro atoms. The largest absolute Gasteiger partial charge is 0.411 e. The van der Waals surface area contributed by atoms with Crippen molar-refractivity contribution in [1.29, 1.82) is 0 Å². The van der Waals surface area contributed by atoms with Gasteiger partial charge in [-0.05, 0) is 0 Å². The highest BCUT2D eigenvalue weighted by Crippen LogP contribution is 2.04. The van der Waals surface area contributed by atoms with Gasteiger partial charge in [0.05, 0.1) is 13.2 Å². The van der Waals surface area contributed by atoms with Gasteiger partial charge in [0.2, 0.25) is 0 Å². The van der Waals surface area contributed by atoms with E-state index in [1.54, 1.807) is 0 Å². The molecular formula is C4H9NO6S2. The van der Waals surface area contributed by atoms with E-state index >= 15 is 0 Å². The van der Waals surface area contributed by atoms with E-state index in [2.05, 4.69) is 3.63 Å². The molecule has 0 aromatic rings. The highest BCUT2D eigenvalue weighted by atomic mass is 32.3. The maximum atomic E-state index is 11.0. The van der Waals surface area contributed by atoms with E-state index in [9.17, 15) is 12.6 Å². The molecule has 1 atom stereocenters. The Morgan fingerprint density at radius 3 is 2.38 bits per heavy atom. The van der Waals surface area contributed by atoms with Gasteiger partial charge in [0, 0.05) is 13.1 Å². The Morgan fingerprint density at radius 1 is 1.38 bits per heavy atom. The summed E-state index contributed by atoms with van der Waals surface area (Å²) in [4.78, 5) is 0. The van der Waals surface area contributed by atoms with Crippen LogP contribution in [0.3, 0.4) is 0 Å². The zero-order valence-corrected chi connectivity index (χ0v) is 8.21. The average Bonchev–Trinajstić information content (AvgIpc) is 2.03. The molecule has 0 bridgehead atoms. The van der Waals surface area contributed by atoms with Crippen molar-refractivity contribution >= 4 is 21.7 Å². The van der Waals surface area contributed by atoms with Crippen LogP contribution in [0.5, 0.6) is 0 Å². The van der Waals surface area contributed by atoms with Crippen molar-refractivity contribution in [1.82, 2.24) is 4.31 Å². The molecule has 1 N–H and O–H groups in total. The molecule has 0 aromatic carbocycles. The van der Waals surface area contributed by atoms with Crippen LogP contribution in [0.25, 0.3) is 0 Å². The normalized spacial score (nSPS) is 22.8. The Kier molecular flexibility index (Phi) is 3.76. The lowest BCUT2D eigenvalue weighted by atomic mass is 10.5. The first kappa shape index (κ1) is 11.0. The topological polar surface area (TPSA) is 93.1 Å². The first-order valence-corrected chi connectivity index (χ1v) is 5.81. The molecule has 0 aliphatic carbocycles. The minimum Gasteiger partial charge on any atom is -0.379 e. The van der Waals surface area contributed by atoms with Gasteiger partial charge in [0.25, 0.3) is 11.3 Å². The van der Waals surface area contributed by atoms with Gasteiger partial charge in [-0.3, -0.25) is 4.55 Å². The predicted octanol–water partition coefficient (Wildman–Crippen LogP) is -1.28. The van der Waals surface area contributed by atoms with Crippen LogP contribution in [0.1, 0.15) is 0 Å². The number of hydrogen-bond acceptors (Lipinski definition) is 5. The van der Waals surface area contributed by atoms with E-state index in [4.69, 9.17) is 9.29 Å². The first-order chi connectivity index (χ1) is 5.99. The van der Waals surface area contributed by atoms with Gasteiger partial charge in [0.1, 0.15) is 0 Å². The maximum absolute atomic E-state index is 11.0. The highest BCUT2D eigenvalue weighted by molar-refractivity contribution is 7.92. The van der Waals surface area contributed by atoms with Crippen molar-refractivity contribution in [3.63, 3.8) is 0 Å². The van der Waals surface area contributed by atoms with Crippen LogP contribution in [-0.4, -0.2) is 47.8 Å². The molecule has 1 aliphatic heterocycles. The SMILES string of the molecule is O=S(OS(=O)(=O)O)N1CCOCC1. The Balaban J connectivity index is 2.47. The second-order valence-electron chi connectivity index (χ2n) is 2.25. The second kappa shape index (κ2) is 4.44. The van der Waals surface area contributed by atoms with Gasteiger partial charge >= 0.3 is 10.4 Å². The minimum absolute atomic E-state index is 0.308. The molecule has 1 rings (SSSR count). The standard InChI is InChI=1S/C4H9NO6S2/c6-12(11-13(7,8)9)5-1-3-10-4-2-5/h1-4H2,(H,7,8,9). The molecule has 1 fully saturated rings. The lowest BCUT2D eigenvalue weighted by Gasteiger charge is -2.23. The maximum Gasteiger partial charge on any atom is 0.411 e. The van der Waals surface area contributed by atoms with Crippen molar-refractivity contribution < 1.29 is 25.5 Å². The van der Waals surface area contributed by atoms with Crippen molar-refractivity contribution in [2.75, 3.05) is 26.3 Å². The molecule has 1 unspecified atom stereocenters. The molecule has 7 nitrogen and oxygen atoms in total. The van der Waals surface area contributed by atoms with E-state index in [1.807, 2.05) is 0 Å². The van der Waals surface area contributed by atoms with E-state index in [1.165, 1.54) is 4.31 Å². The fourth-order valence-electron chi connectivity index (χ4n) is 0.812. The predicted molar refractivity (Wildman–Crippen MR) is 43.2 cm³/mol. The lowest BCUT2D eigenvalue weighted by Crippen LogP contribution is -2.38. The second-order valence-corrected chi connectivity index (χ2v) is 4.60. The van der Waals surface area contributed by atoms with Crippen molar-refractivity contribution in [3.05, 3.63) is 0 Å². The molecular weight excluding hydrogens is 222 g/mol. The van der Waals surface area contributed by atoms with Crippen LogP contribution < -0.4 is 0 Å². The van der Waals surface area contributed by atoms with Crippen molar-refractivity contribution in [2.24, 2.45) is 0 Å². The lowest BCUT2D eigenvalue weighted by molar-refractivity contribution is 0.0727. The minimum atomic E-state index is -4.66. The smallest absolute Gasteiger partial charge is 0.379 e. The third kappa shape index (κ3) is 4.11. The number of nitrogens with zero attached hydrogens (tertiary/aromatic N) is 1. The summed E-state index contributed by atoms with van der Waals surface area (Å²) < 4.78 is 49.6. The first-order valence-electron chi connectivity index (χ1n) is 3.41. The summed E-state index contributed by atoms with van der Waals surface area (Å²) in [6, 6.07) is 0. The molecule has 1 heterocycles. The molecule has 0 radical (unpaired) electrons. The van der Waals surface area contributed by atoms with E-state index in [-0.39, 0.29) is 0 Å². The van der Waals surface area contributed by atoms with Crippen molar-refractivity contribution in [2.45, 2.75) is 0 Å². The Morgan fingerprint density at radius 2 is 1.92 bits per heavy atom. The van der Waals surface area contributed by atoms with Crippen LogP contribution in [-0.2, 0) is 30.0 Å². The summed E-state index contributed by atoms with van der Waals surface area (Å²) in [6.45, 7) is 1.34. The average molecular weight is 231 g/mol. The van der Waals surface area contributed by atoms with E-state index < -0.39 is 21.7 Å². The number of ether oxygens (including phenoxy) is 1. The quantitative estimate of drug-likeness (QED) is 0.608. The molecule has 0 amide bonds. The molecule has 9 heteroatoms. The summed E-state index contributed by atoms with van der Waals surface area (Å²) in [5.74, 6) is 0. The Bertz CT molecular complexity index is 281. The van der Waals surface area contributed by atoms with Gasteiger partial charge in [-0.2, -0.15) is 12.7 Å². The zero-order valence-electron chi connectivity index (χ0n) is 6.58. The van der Waals surface area contributed by atoms with Gasteiger partial charge < -0.3 is 4.74 Å². The molecule has 1 saturated heterocycles. The highest BCUT2D eigenvalue weighted by Gasteiger charge is 2.22. The third-order valence-corrected chi connectivity index (χ3v) is 3.27. The van der Waals surface area contributed by atoms with Crippen LogP contribution in [0.2, 0.25) is 0 Å². The van der Waals surface area contributed by atoms with E-state index in [0.717, 1.165) is 0 Å². The zero-order chi connectivity index (χ0) is 9.90. The van der Waals surface area contributed by atoms with Crippen LogP contribution in [0.15, 0.2) is 0 Å². The van der Waals surface area contributed by atoms with E-state index in [0.29, 0.717) is 26.3 Å². The van der Waals surface area contributed by atoms with Gasteiger partial charge in [-0.25, -0.2) is 4.21 Å². The van der Waals surface area contributed by atoms with Gasteiger partial charge in [-0.1, -0.05) is 0 Å². The monoisotopic (exact) mass is 231 g/mol. The Labute approximate surface area is 78.4 Å². The summed E-state index contributed by atoms with van der Waals surface area (Å²) in [5.41, 5.74) is 0. The van der Waals surface area contributed by atoms with Gasteiger partial charge in [0.15, 0.2) is 0 Å². The number of morpholine rings is 1. The van der Waals surface area contributed by atoms with Gasteiger partial charge in [-0.15, -0.1) is 3.63 Å². The summed E-state index contributed by atoms with van der Waals surface area (Å²) in [6.07, 6.45) is 0. The third-order valence-electron chi connectivity index (χ3n) is 1.33. The van der Waals surface area contributed by atoms with Crippen LogP contribution in [0.4, 0.5) is 0 Å². The fourth-order valence-corrected chi connectivity index (χ4v) is 2.19. The Hall–Kier alpha value is -0.0600. The molecule has 0 saturated carbocycles. The van der Waals surface area contributed by atoms with Crippen LogP contribution >= 0.6 is 0 Å². The summed E-state index contributed by atoms with van der Waals surface area (Å²) in [7, 11) is -4.66. The number of hydrogen-bond donors (Lipinski definition) is 1. The summed E-state index contributed by atoms with van der Waals surface area (Å²) >= 11 is -2.16. The molecule has 1 aliphatic rings. The number of rotatable bonds is 3. The fraction of sp³-hybridized carbons (Fsp3) is 1.00. The molecule has 78 valence electrons. The van der Waals surface area contributed by atoms with Crippen molar-refractivity contribution in [3.8, 4) is 0 Å². The van der Waals surface area contributed by atoms with Crippen LogP contribution in [0, 0.1) is 0 Å². The molecule has 0 aromatic heterocycles.